The molecule has 3 heteroatoms. The second-order valence-corrected chi connectivity index (χ2v) is 5.64. The van der Waals surface area contributed by atoms with Crippen LogP contribution in [-0.2, 0) is 6.54 Å². The van der Waals surface area contributed by atoms with Crippen LogP contribution < -0.4 is 4.74 Å². The fraction of sp³-hybridized carbons (Fsp3) is 0.533. The van der Waals surface area contributed by atoms with Crippen molar-refractivity contribution in [2.75, 3.05) is 21.2 Å². The molecule has 100 valence electrons. The van der Waals surface area contributed by atoms with Gasteiger partial charge in [0, 0.05) is 19.5 Å². The quantitative estimate of drug-likeness (QED) is 0.606. The standard InChI is InChI=1S/C15H24N2O/c1-15(2,3)14(17(4)5)16-11-12-8-7-9-13(10-12)18-6/h7-10H,11H2,1-6H3. The number of nitrogens with zero attached hydrogens (tertiary/aromatic N) is 2. The van der Waals surface area contributed by atoms with E-state index in [4.69, 9.17) is 9.73 Å². The molecule has 0 bridgehead atoms. The minimum atomic E-state index is 0.0579. The SMILES string of the molecule is COc1cccc(CN=C(N(C)C)C(C)(C)C)c1. The number of methoxy groups -OCH3 is 1. The zero-order chi connectivity index (χ0) is 13.8. The van der Waals surface area contributed by atoms with Crippen molar-refractivity contribution in [2.45, 2.75) is 27.3 Å². The van der Waals surface area contributed by atoms with Crippen LogP contribution in [0.5, 0.6) is 5.75 Å². The Morgan fingerprint density at radius 1 is 1.28 bits per heavy atom. The highest BCUT2D eigenvalue weighted by Crippen LogP contribution is 2.19. The van der Waals surface area contributed by atoms with Gasteiger partial charge in [-0.3, -0.25) is 4.99 Å². The fourth-order valence-corrected chi connectivity index (χ4v) is 1.99. The lowest BCUT2D eigenvalue weighted by atomic mass is 9.94. The maximum Gasteiger partial charge on any atom is 0.119 e. The Balaban J connectivity index is 2.88. The maximum absolute atomic E-state index is 5.22. The van der Waals surface area contributed by atoms with E-state index >= 15 is 0 Å². The van der Waals surface area contributed by atoms with Crippen LogP contribution in [0.25, 0.3) is 0 Å². The second-order valence-electron chi connectivity index (χ2n) is 5.64. The third-order valence-electron chi connectivity index (χ3n) is 2.64. The number of hydrogen-bond donors (Lipinski definition) is 0. The molecule has 0 radical (unpaired) electrons. The van der Waals surface area contributed by atoms with E-state index < -0.39 is 0 Å². The Morgan fingerprint density at radius 3 is 2.44 bits per heavy atom. The fourth-order valence-electron chi connectivity index (χ4n) is 1.99. The summed E-state index contributed by atoms with van der Waals surface area (Å²) in [6.45, 7) is 7.22. The van der Waals surface area contributed by atoms with Gasteiger partial charge in [-0.15, -0.1) is 0 Å². The second kappa shape index (κ2) is 5.89. The van der Waals surface area contributed by atoms with Crippen molar-refractivity contribution in [3.05, 3.63) is 29.8 Å². The highest BCUT2D eigenvalue weighted by molar-refractivity contribution is 5.86. The summed E-state index contributed by atoms with van der Waals surface area (Å²) in [6.07, 6.45) is 0. The summed E-state index contributed by atoms with van der Waals surface area (Å²) in [5.41, 5.74) is 1.22. The molecule has 0 aromatic heterocycles. The van der Waals surface area contributed by atoms with Crippen LogP contribution in [0.15, 0.2) is 29.3 Å². The van der Waals surface area contributed by atoms with Crippen LogP contribution in [0, 0.1) is 5.41 Å². The van der Waals surface area contributed by atoms with Gasteiger partial charge in [0.1, 0.15) is 11.6 Å². The van der Waals surface area contributed by atoms with E-state index in [1.807, 2.05) is 32.3 Å². The van der Waals surface area contributed by atoms with E-state index in [-0.39, 0.29) is 5.41 Å². The van der Waals surface area contributed by atoms with Crippen molar-refractivity contribution >= 4 is 5.84 Å². The van der Waals surface area contributed by atoms with Gasteiger partial charge in [-0.1, -0.05) is 32.9 Å². The molecule has 0 fully saturated rings. The molecule has 3 nitrogen and oxygen atoms in total. The van der Waals surface area contributed by atoms with Crippen LogP contribution in [0.1, 0.15) is 26.3 Å². The van der Waals surface area contributed by atoms with E-state index in [0.29, 0.717) is 6.54 Å². The van der Waals surface area contributed by atoms with Gasteiger partial charge >= 0.3 is 0 Å². The average Bonchev–Trinajstić information content (AvgIpc) is 2.27. The molecule has 0 unspecified atom stereocenters. The van der Waals surface area contributed by atoms with Crippen LogP contribution >= 0.6 is 0 Å². The molecule has 0 aliphatic rings. The molecule has 0 spiro atoms. The first-order valence-electron chi connectivity index (χ1n) is 6.20. The summed E-state index contributed by atoms with van der Waals surface area (Å²) in [6, 6.07) is 8.04. The number of rotatable bonds is 3. The first kappa shape index (κ1) is 14.6. The number of ether oxygens (including phenoxy) is 1. The molecular formula is C15H24N2O. The Hall–Kier alpha value is -1.51. The number of benzene rings is 1. The van der Waals surface area contributed by atoms with Crippen LogP contribution in [0.4, 0.5) is 0 Å². The van der Waals surface area contributed by atoms with Crippen LogP contribution in [-0.4, -0.2) is 31.9 Å². The van der Waals surface area contributed by atoms with Crippen molar-refractivity contribution in [3.8, 4) is 5.75 Å². The van der Waals surface area contributed by atoms with Gasteiger partial charge in [0.2, 0.25) is 0 Å². The normalized spacial score (nSPS) is 12.4. The molecule has 0 heterocycles. The third-order valence-corrected chi connectivity index (χ3v) is 2.64. The molecule has 0 amide bonds. The Morgan fingerprint density at radius 2 is 1.94 bits per heavy atom. The Labute approximate surface area is 110 Å². The monoisotopic (exact) mass is 248 g/mol. The largest absolute Gasteiger partial charge is 0.497 e. The highest BCUT2D eigenvalue weighted by Gasteiger charge is 2.20. The van der Waals surface area contributed by atoms with Crippen molar-refractivity contribution in [3.63, 3.8) is 0 Å². The lowest BCUT2D eigenvalue weighted by Crippen LogP contribution is -2.34. The molecular weight excluding hydrogens is 224 g/mol. The smallest absolute Gasteiger partial charge is 0.119 e. The molecule has 1 aromatic rings. The van der Waals surface area contributed by atoms with Gasteiger partial charge in [-0.2, -0.15) is 0 Å². The lowest BCUT2D eigenvalue weighted by molar-refractivity contribution is 0.414. The van der Waals surface area contributed by atoms with Crippen molar-refractivity contribution < 1.29 is 4.74 Å². The molecule has 0 saturated carbocycles. The lowest BCUT2D eigenvalue weighted by Gasteiger charge is -2.27. The molecule has 18 heavy (non-hydrogen) atoms. The maximum atomic E-state index is 5.22. The predicted octanol–water partition coefficient (Wildman–Crippen LogP) is 3.20. The molecule has 1 aromatic carbocycles. The predicted molar refractivity (Wildman–Crippen MR) is 77.3 cm³/mol. The minimum Gasteiger partial charge on any atom is -0.497 e. The summed E-state index contributed by atoms with van der Waals surface area (Å²) in [4.78, 5) is 6.81. The van der Waals surface area contributed by atoms with E-state index in [2.05, 4.69) is 31.7 Å². The first-order chi connectivity index (χ1) is 8.34. The van der Waals surface area contributed by atoms with E-state index in [0.717, 1.165) is 17.1 Å². The first-order valence-corrected chi connectivity index (χ1v) is 6.20. The van der Waals surface area contributed by atoms with Gasteiger partial charge in [0.25, 0.3) is 0 Å². The molecule has 0 saturated heterocycles. The van der Waals surface area contributed by atoms with Crippen LogP contribution in [0.3, 0.4) is 0 Å². The summed E-state index contributed by atoms with van der Waals surface area (Å²) in [5, 5.41) is 0. The number of hydrogen-bond acceptors (Lipinski definition) is 2. The Kier molecular flexibility index (Phi) is 4.76. The zero-order valence-electron chi connectivity index (χ0n) is 12.3. The van der Waals surface area contributed by atoms with E-state index in [1.54, 1.807) is 7.11 Å². The molecule has 0 atom stereocenters. The summed E-state index contributed by atoms with van der Waals surface area (Å²) in [5.74, 6) is 1.98. The van der Waals surface area contributed by atoms with E-state index in [9.17, 15) is 0 Å². The van der Waals surface area contributed by atoms with E-state index in [1.165, 1.54) is 0 Å². The van der Waals surface area contributed by atoms with Crippen LogP contribution in [0.2, 0.25) is 0 Å². The zero-order valence-corrected chi connectivity index (χ0v) is 12.3. The topological polar surface area (TPSA) is 24.8 Å². The molecule has 0 N–H and O–H groups in total. The van der Waals surface area contributed by atoms with Crippen molar-refractivity contribution in [2.24, 2.45) is 10.4 Å². The third kappa shape index (κ3) is 4.06. The van der Waals surface area contributed by atoms with Gasteiger partial charge < -0.3 is 9.64 Å². The Bertz CT molecular complexity index is 417. The van der Waals surface area contributed by atoms with Gasteiger partial charge in [0.15, 0.2) is 0 Å². The molecule has 0 aliphatic heterocycles. The number of aliphatic imine (C=N–C) groups is 1. The number of amidine groups is 1. The minimum absolute atomic E-state index is 0.0579. The molecule has 0 aliphatic carbocycles. The summed E-state index contributed by atoms with van der Waals surface area (Å²) < 4.78 is 5.22. The summed E-state index contributed by atoms with van der Waals surface area (Å²) in [7, 11) is 5.76. The van der Waals surface area contributed by atoms with Crippen molar-refractivity contribution in [1.82, 2.24) is 4.90 Å². The van der Waals surface area contributed by atoms with Gasteiger partial charge in [-0.25, -0.2) is 0 Å². The van der Waals surface area contributed by atoms with Crippen molar-refractivity contribution in [1.29, 1.82) is 0 Å². The highest BCUT2D eigenvalue weighted by atomic mass is 16.5. The van der Waals surface area contributed by atoms with Gasteiger partial charge in [-0.05, 0) is 17.7 Å². The molecule has 1 rings (SSSR count). The average molecular weight is 248 g/mol. The summed E-state index contributed by atoms with van der Waals surface area (Å²) >= 11 is 0. The van der Waals surface area contributed by atoms with Gasteiger partial charge in [0.05, 0.1) is 13.7 Å².